The van der Waals surface area contributed by atoms with Gasteiger partial charge in [-0.25, -0.2) is 9.59 Å². The Balaban J connectivity index is 2.44. The summed E-state index contributed by atoms with van der Waals surface area (Å²) < 4.78 is 9.93. The molecule has 1 fully saturated rings. The van der Waals surface area contributed by atoms with Crippen LogP contribution in [0.4, 0.5) is 0 Å². The van der Waals surface area contributed by atoms with Gasteiger partial charge in [0.05, 0.1) is 0 Å². The largest absolute Gasteiger partial charge is 0.507 e. The zero-order valence-corrected chi connectivity index (χ0v) is 11.9. The number of rotatable bonds is 1. The Hall–Kier alpha value is -2.01. The number of phenolic OH excluding ortho intramolecular Hbond substituents is 1. The van der Waals surface area contributed by atoms with Gasteiger partial charge in [0.15, 0.2) is 0 Å². The van der Waals surface area contributed by atoms with Gasteiger partial charge in [-0.1, -0.05) is 11.6 Å². The number of aromatic hydroxyl groups is 1. The Bertz CT molecular complexity index is 609. The van der Waals surface area contributed by atoms with Crippen molar-refractivity contribution in [2.24, 2.45) is 0 Å². The molecule has 1 aliphatic rings. The summed E-state index contributed by atoms with van der Waals surface area (Å²) in [5.74, 6) is -2.98. The number of esters is 2. The monoisotopic (exact) mass is 296 g/mol. The lowest BCUT2D eigenvalue weighted by molar-refractivity contribution is -0.222. The third kappa shape index (κ3) is 2.63. The molecule has 0 radical (unpaired) electrons. The lowest BCUT2D eigenvalue weighted by Gasteiger charge is -2.29. The summed E-state index contributed by atoms with van der Waals surface area (Å²) in [5, 5.41) is 10.3. The van der Waals surface area contributed by atoms with E-state index >= 15 is 0 Å². The van der Waals surface area contributed by atoms with Crippen LogP contribution in [-0.2, 0) is 19.1 Å². The van der Waals surface area contributed by atoms with Gasteiger partial charge in [0.1, 0.15) is 11.3 Å². The molecule has 106 valence electrons. The molecular formula is C14H13ClO5. The number of phenols is 1. The number of hydrogen-bond acceptors (Lipinski definition) is 5. The number of halogens is 1. The summed E-state index contributed by atoms with van der Waals surface area (Å²) in [5.41, 5.74) is 0.468. The van der Waals surface area contributed by atoms with E-state index in [4.69, 9.17) is 21.1 Å². The summed E-state index contributed by atoms with van der Waals surface area (Å²) in [6, 6.07) is 3.06. The molecule has 0 spiro atoms. The van der Waals surface area contributed by atoms with Crippen molar-refractivity contribution < 1.29 is 24.2 Å². The highest BCUT2D eigenvalue weighted by atomic mass is 35.5. The third-order valence-electron chi connectivity index (χ3n) is 2.81. The summed E-state index contributed by atoms with van der Waals surface area (Å²) in [6.07, 6.45) is 1.22. The van der Waals surface area contributed by atoms with Gasteiger partial charge in [0, 0.05) is 30.0 Å². The molecule has 1 aromatic rings. The van der Waals surface area contributed by atoms with Gasteiger partial charge in [-0.3, -0.25) is 0 Å². The normalized spacial score (nSPS) is 17.5. The molecule has 6 heteroatoms. The average Bonchev–Trinajstić information content (AvgIpc) is 2.32. The van der Waals surface area contributed by atoms with Gasteiger partial charge in [0.25, 0.3) is 5.79 Å². The Labute approximate surface area is 120 Å². The van der Waals surface area contributed by atoms with Gasteiger partial charge in [0.2, 0.25) is 0 Å². The predicted octanol–water partition coefficient (Wildman–Crippen LogP) is 2.57. The van der Waals surface area contributed by atoms with Crippen molar-refractivity contribution >= 4 is 29.6 Å². The minimum absolute atomic E-state index is 0.101. The molecule has 0 amide bonds. The summed E-state index contributed by atoms with van der Waals surface area (Å²) in [4.78, 5) is 23.6. The molecule has 0 aromatic heterocycles. The number of hydrogen-bond donors (Lipinski definition) is 1. The molecule has 5 nitrogen and oxygen atoms in total. The number of benzene rings is 1. The second-order valence-corrected chi connectivity index (χ2v) is 5.25. The van der Waals surface area contributed by atoms with Gasteiger partial charge in [-0.05, 0) is 25.1 Å². The smallest absolute Gasteiger partial charge is 0.348 e. The SMILES string of the molecule is Cc1c(Cl)ccc(C=C2C(=O)OC(C)(C)OC2=O)c1O. The Morgan fingerprint density at radius 1 is 1.20 bits per heavy atom. The zero-order chi connectivity index (χ0) is 15.1. The van der Waals surface area contributed by atoms with Crippen LogP contribution in [-0.4, -0.2) is 22.8 Å². The first-order chi connectivity index (χ1) is 9.21. The standard InChI is InChI=1S/C14H13ClO5/c1-7-10(15)5-4-8(11(7)16)6-9-12(17)19-14(2,3)20-13(9)18/h4-6,16H,1-3H3. The van der Waals surface area contributed by atoms with E-state index in [0.29, 0.717) is 10.6 Å². The van der Waals surface area contributed by atoms with Gasteiger partial charge in [-0.2, -0.15) is 0 Å². The highest BCUT2D eigenvalue weighted by Crippen LogP contribution is 2.31. The van der Waals surface area contributed by atoms with Crippen molar-refractivity contribution in [3.8, 4) is 5.75 Å². The summed E-state index contributed by atoms with van der Waals surface area (Å²) >= 11 is 5.86. The Kier molecular flexibility index (Phi) is 3.48. The molecule has 1 saturated heterocycles. The van der Waals surface area contributed by atoms with Crippen LogP contribution in [0.15, 0.2) is 17.7 Å². The first kappa shape index (κ1) is 14.4. The van der Waals surface area contributed by atoms with E-state index in [-0.39, 0.29) is 16.9 Å². The number of cyclic esters (lactones) is 2. The third-order valence-corrected chi connectivity index (χ3v) is 3.22. The molecule has 0 bridgehead atoms. The van der Waals surface area contributed by atoms with E-state index in [1.165, 1.54) is 26.0 Å². The molecular weight excluding hydrogens is 284 g/mol. The molecule has 1 aliphatic heterocycles. The fourth-order valence-electron chi connectivity index (χ4n) is 1.75. The molecule has 2 rings (SSSR count). The molecule has 20 heavy (non-hydrogen) atoms. The van der Waals surface area contributed by atoms with Crippen LogP contribution in [0.3, 0.4) is 0 Å². The highest BCUT2D eigenvalue weighted by Gasteiger charge is 2.38. The molecule has 1 N–H and O–H groups in total. The number of ether oxygens (including phenoxy) is 2. The maximum absolute atomic E-state index is 11.8. The first-order valence-electron chi connectivity index (χ1n) is 5.88. The highest BCUT2D eigenvalue weighted by molar-refractivity contribution is 6.31. The van der Waals surface area contributed by atoms with E-state index in [0.717, 1.165) is 0 Å². The van der Waals surface area contributed by atoms with E-state index in [2.05, 4.69) is 0 Å². The quantitative estimate of drug-likeness (QED) is 0.490. The lowest BCUT2D eigenvalue weighted by atomic mass is 10.1. The van der Waals surface area contributed by atoms with Crippen molar-refractivity contribution in [3.63, 3.8) is 0 Å². The zero-order valence-electron chi connectivity index (χ0n) is 11.2. The second-order valence-electron chi connectivity index (χ2n) is 4.85. The second kappa shape index (κ2) is 4.83. The average molecular weight is 297 g/mol. The van der Waals surface area contributed by atoms with Crippen molar-refractivity contribution in [2.45, 2.75) is 26.6 Å². The number of carbonyl (C=O) groups excluding carboxylic acids is 2. The van der Waals surface area contributed by atoms with Crippen LogP contribution < -0.4 is 0 Å². The van der Waals surface area contributed by atoms with E-state index in [9.17, 15) is 14.7 Å². The molecule has 0 unspecified atom stereocenters. The van der Waals surface area contributed by atoms with Crippen molar-refractivity contribution in [2.75, 3.05) is 0 Å². The fourth-order valence-corrected chi connectivity index (χ4v) is 1.90. The molecule has 0 aliphatic carbocycles. The van der Waals surface area contributed by atoms with E-state index in [1.54, 1.807) is 13.0 Å². The van der Waals surface area contributed by atoms with E-state index in [1.807, 2.05) is 0 Å². The molecule has 0 saturated carbocycles. The van der Waals surface area contributed by atoms with Gasteiger partial charge in [-0.15, -0.1) is 0 Å². The van der Waals surface area contributed by atoms with E-state index < -0.39 is 17.7 Å². The minimum Gasteiger partial charge on any atom is -0.507 e. The van der Waals surface area contributed by atoms with Crippen LogP contribution in [0.5, 0.6) is 5.75 Å². The van der Waals surface area contributed by atoms with Crippen molar-refractivity contribution in [1.82, 2.24) is 0 Å². The van der Waals surface area contributed by atoms with Crippen LogP contribution in [0.1, 0.15) is 25.0 Å². The predicted molar refractivity (Wildman–Crippen MR) is 72.1 cm³/mol. The lowest BCUT2D eigenvalue weighted by Crippen LogP contribution is -2.41. The summed E-state index contributed by atoms with van der Waals surface area (Å²) in [6.45, 7) is 4.55. The van der Waals surface area contributed by atoms with Crippen molar-refractivity contribution in [3.05, 3.63) is 33.9 Å². The molecule has 1 heterocycles. The fraction of sp³-hybridized carbons (Fsp3) is 0.286. The van der Waals surface area contributed by atoms with Crippen molar-refractivity contribution in [1.29, 1.82) is 0 Å². The Morgan fingerprint density at radius 2 is 1.75 bits per heavy atom. The Morgan fingerprint density at radius 3 is 2.30 bits per heavy atom. The molecule has 1 aromatic carbocycles. The topological polar surface area (TPSA) is 72.8 Å². The van der Waals surface area contributed by atoms with Gasteiger partial charge >= 0.3 is 11.9 Å². The maximum atomic E-state index is 11.8. The number of carbonyl (C=O) groups is 2. The van der Waals surface area contributed by atoms with Crippen LogP contribution >= 0.6 is 11.6 Å². The minimum atomic E-state index is -1.29. The maximum Gasteiger partial charge on any atom is 0.348 e. The van der Waals surface area contributed by atoms with Crippen LogP contribution in [0.25, 0.3) is 6.08 Å². The summed E-state index contributed by atoms with van der Waals surface area (Å²) in [7, 11) is 0. The first-order valence-corrected chi connectivity index (χ1v) is 6.25. The van der Waals surface area contributed by atoms with Crippen LogP contribution in [0.2, 0.25) is 5.02 Å². The van der Waals surface area contributed by atoms with Crippen LogP contribution in [0, 0.1) is 6.92 Å². The van der Waals surface area contributed by atoms with Gasteiger partial charge < -0.3 is 14.6 Å². The molecule has 0 atom stereocenters.